The molecular formula is C54H54N4O. The van der Waals surface area contributed by atoms with Crippen LogP contribution in [0.5, 0.6) is 11.5 Å². The predicted octanol–water partition coefficient (Wildman–Crippen LogP) is 15.1. The first-order valence-electron chi connectivity index (χ1n) is 20.8. The van der Waals surface area contributed by atoms with Crippen LogP contribution in [0.15, 0.2) is 152 Å². The van der Waals surface area contributed by atoms with Crippen LogP contribution in [0, 0.1) is 0 Å². The maximum atomic E-state index is 6.85. The summed E-state index contributed by atoms with van der Waals surface area (Å²) in [6.07, 6.45) is 1.94. The van der Waals surface area contributed by atoms with Crippen LogP contribution < -0.4 is 19.4 Å². The van der Waals surface area contributed by atoms with Crippen LogP contribution in [0.25, 0.3) is 22.3 Å². The molecular weight excluding hydrogens is 721 g/mol. The summed E-state index contributed by atoms with van der Waals surface area (Å²) in [5, 5.41) is 0. The van der Waals surface area contributed by atoms with Gasteiger partial charge in [0.15, 0.2) is 0 Å². The second-order valence-electron chi connectivity index (χ2n) is 19.0. The number of anilines is 7. The Hall–Kier alpha value is -6.33. The number of para-hydroxylation sites is 3. The highest BCUT2D eigenvalue weighted by molar-refractivity contribution is 6.02. The molecule has 0 aliphatic carbocycles. The van der Waals surface area contributed by atoms with E-state index in [1.807, 2.05) is 6.20 Å². The lowest BCUT2D eigenvalue weighted by molar-refractivity contribution is 0.483. The molecule has 9 rings (SSSR count). The number of benzene rings is 6. The van der Waals surface area contributed by atoms with Crippen LogP contribution in [0.1, 0.15) is 79.0 Å². The van der Waals surface area contributed by atoms with E-state index in [0.717, 1.165) is 45.5 Å². The van der Waals surface area contributed by atoms with Gasteiger partial charge in [0.2, 0.25) is 0 Å². The summed E-state index contributed by atoms with van der Waals surface area (Å²) >= 11 is 0. The van der Waals surface area contributed by atoms with Crippen LogP contribution >= 0.6 is 0 Å². The van der Waals surface area contributed by atoms with E-state index in [-0.39, 0.29) is 16.2 Å². The van der Waals surface area contributed by atoms with Crippen molar-refractivity contribution in [2.75, 3.05) is 21.4 Å². The lowest BCUT2D eigenvalue weighted by Gasteiger charge is -2.32. The molecule has 1 aromatic heterocycles. The Morgan fingerprint density at radius 3 is 1.71 bits per heavy atom. The number of nitrogens with zero attached hydrogens (tertiary/aromatic N) is 4. The molecule has 7 aromatic rings. The molecule has 3 heterocycles. The van der Waals surface area contributed by atoms with E-state index in [2.05, 4.69) is 223 Å². The van der Waals surface area contributed by atoms with Gasteiger partial charge in [0.25, 0.3) is 0 Å². The van der Waals surface area contributed by atoms with Crippen molar-refractivity contribution in [1.29, 1.82) is 0 Å². The number of pyridine rings is 1. The van der Waals surface area contributed by atoms with Crippen LogP contribution in [-0.2, 0) is 16.2 Å². The van der Waals surface area contributed by atoms with E-state index in [1.165, 1.54) is 44.9 Å². The van der Waals surface area contributed by atoms with E-state index in [0.29, 0.717) is 6.67 Å². The van der Waals surface area contributed by atoms with Crippen molar-refractivity contribution in [1.82, 2.24) is 4.98 Å². The van der Waals surface area contributed by atoms with Crippen LogP contribution in [0.2, 0.25) is 0 Å². The Morgan fingerprint density at radius 1 is 0.441 bits per heavy atom. The third-order valence-electron chi connectivity index (χ3n) is 11.8. The molecule has 0 N–H and O–H groups in total. The maximum absolute atomic E-state index is 6.85. The largest absolute Gasteiger partial charge is 0.457 e. The summed E-state index contributed by atoms with van der Waals surface area (Å²) in [5.41, 5.74) is 15.3. The standard InChI is InChI=1S/C54H54N4O/c1-52(2,3)36-25-28-45(54(7,8)9)50(31-36)57-35-56(47-23-14-15-24-48(47)57)38-17-16-18-39(33-38)59-40-26-27-44-42-20-11-10-19-41(42)43-21-12-13-22-46(43)58(49(44)34-40)51-32-37(29-30-55-51)53(4,5)6/h10-34H,35H2,1-9H3. The average Bonchev–Trinajstić information content (AvgIpc) is 3.55. The van der Waals surface area contributed by atoms with Crippen molar-refractivity contribution < 1.29 is 4.74 Å². The Labute approximate surface area is 350 Å². The zero-order chi connectivity index (χ0) is 41.3. The summed E-state index contributed by atoms with van der Waals surface area (Å²) in [4.78, 5) is 12.2. The number of rotatable bonds is 5. The molecule has 0 atom stereocenters. The predicted molar refractivity (Wildman–Crippen MR) is 248 cm³/mol. The maximum Gasteiger partial charge on any atom is 0.137 e. The molecule has 0 bridgehead atoms. The van der Waals surface area contributed by atoms with Crippen LogP contribution in [0.3, 0.4) is 0 Å². The Kier molecular flexibility index (Phi) is 9.19. The van der Waals surface area contributed by atoms with Crippen molar-refractivity contribution in [3.63, 3.8) is 0 Å². The van der Waals surface area contributed by atoms with E-state index in [9.17, 15) is 0 Å². The zero-order valence-corrected chi connectivity index (χ0v) is 35.8. The topological polar surface area (TPSA) is 31.8 Å². The van der Waals surface area contributed by atoms with E-state index >= 15 is 0 Å². The average molecular weight is 775 g/mol. The van der Waals surface area contributed by atoms with E-state index in [1.54, 1.807) is 0 Å². The van der Waals surface area contributed by atoms with Gasteiger partial charge in [-0.2, -0.15) is 0 Å². The fraction of sp³-hybridized carbons (Fsp3) is 0.241. The summed E-state index contributed by atoms with van der Waals surface area (Å²) in [5.74, 6) is 2.40. The van der Waals surface area contributed by atoms with Gasteiger partial charge in [0, 0.05) is 40.8 Å². The van der Waals surface area contributed by atoms with Crippen molar-refractivity contribution in [2.45, 2.75) is 78.6 Å². The number of hydrogen-bond donors (Lipinski definition) is 0. The van der Waals surface area contributed by atoms with Crippen molar-refractivity contribution >= 4 is 39.9 Å². The Morgan fingerprint density at radius 2 is 1.03 bits per heavy atom. The van der Waals surface area contributed by atoms with Crippen LogP contribution in [-0.4, -0.2) is 11.7 Å². The van der Waals surface area contributed by atoms with Gasteiger partial charge in [-0.05, 0) is 105 Å². The van der Waals surface area contributed by atoms with Crippen LogP contribution in [0.4, 0.5) is 39.9 Å². The van der Waals surface area contributed by atoms with Crippen molar-refractivity contribution in [2.24, 2.45) is 0 Å². The highest BCUT2D eigenvalue weighted by Crippen LogP contribution is 2.52. The first kappa shape index (κ1) is 38.2. The highest BCUT2D eigenvalue weighted by atomic mass is 16.5. The first-order chi connectivity index (χ1) is 28.1. The Balaban J connectivity index is 1.11. The summed E-state index contributed by atoms with van der Waals surface area (Å²) in [6, 6.07) is 52.5. The molecule has 2 aliphatic rings. The molecule has 0 radical (unpaired) electrons. The highest BCUT2D eigenvalue weighted by Gasteiger charge is 2.33. The molecule has 0 saturated heterocycles. The second-order valence-corrected chi connectivity index (χ2v) is 19.0. The normalized spacial score (nSPS) is 13.7. The van der Waals surface area contributed by atoms with Gasteiger partial charge in [-0.1, -0.05) is 135 Å². The first-order valence-corrected chi connectivity index (χ1v) is 20.8. The molecule has 0 saturated carbocycles. The van der Waals surface area contributed by atoms with Gasteiger partial charge in [-0.25, -0.2) is 4.98 Å². The summed E-state index contributed by atoms with van der Waals surface area (Å²) in [6.45, 7) is 21.2. The number of hydrogen-bond acceptors (Lipinski definition) is 5. The summed E-state index contributed by atoms with van der Waals surface area (Å²) < 4.78 is 6.85. The number of ether oxygens (including phenoxy) is 1. The molecule has 0 amide bonds. The molecule has 0 spiro atoms. The van der Waals surface area contributed by atoms with Gasteiger partial charge < -0.3 is 14.5 Å². The number of fused-ring (bicyclic) bond motifs is 6. The lowest BCUT2D eigenvalue weighted by atomic mass is 9.81. The molecule has 5 heteroatoms. The Bertz CT molecular complexity index is 2710. The molecule has 296 valence electrons. The third-order valence-corrected chi connectivity index (χ3v) is 11.8. The monoisotopic (exact) mass is 774 g/mol. The van der Waals surface area contributed by atoms with E-state index in [4.69, 9.17) is 9.72 Å². The minimum Gasteiger partial charge on any atom is -0.457 e. The minimum atomic E-state index is -0.0386. The van der Waals surface area contributed by atoms with Crippen molar-refractivity contribution in [3.8, 4) is 33.8 Å². The molecule has 59 heavy (non-hydrogen) atoms. The quantitative estimate of drug-likeness (QED) is 0.174. The van der Waals surface area contributed by atoms with E-state index < -0.39 is 0 Å². The fourth-order valence-corrected chi connectivity index (χ4v) is 8.57. The lowest BCUT2D eigenvalue weighted by Crippen LogP contribution is -2.27. The summed E-state index contributed by atoms with van der Waals surface area (Å²) in [7, 11) is 0. The molecule has 6 aromatic carbocycles. The van der Waals surface area contributed by atoms with Crippen molar-refractivity contribution in [3.05, 3.63) is 168 Å². The molecule has 0 unspecified atom stereocenters. The smallest absolute Gasteiger partial charge is 0.137 e. The molecule has 0 fully saturated rings. The SMILES string of the molecule is CC(C)(C)c1ccnc(N2c3ccccc3-c3ccccc3-c3ccc(Oc4cccc(N5CN(c6cc(C(C)(C)C)ccc6C(C)(C)C)c6ccccc65)c4)cc32)c1. The number of aromatic nitrogens is 1. The van der Waals surface area contributed by atoms with Gasteiger partial charge in [0.1, 0.15) is 24.0 Å². The third kappa shape index (κ3) is 7.03. The van der Waals surface area contributed by atoms with Gasteiger partial charge in [0.05, 0.1) is 22.7 Å². The fourth-order valence-electron chi connectivity index (χ4n) is 8.57. The molecule has 5 nitrogen and oxygen atoms in total. The second kappa shape index (κ2) is 14.2. The van der Waals surface area contributed by atoms with Gasteiger partial charge >= 0.3 is 0 Å². The zero-order valence-electron chi connectivity index (χ0n) is 35.8. The molecule has 2 aliphatic heterocycles. The van der Waals surface area contributed by atoms with Gasteiger partial charge in [-0.15, -0.1) is 0 Å². The minimum absolute atomic E-state index is 0.0268. The van der Waals surface area contributed by atoms with Gasteiger partial charge in [-0.3, -0.25) is 4.90 Å².